The van der Waals surface area contributed by atoms with Gasteiger partial charge in [-0.1, -0.05) is 48.6 Å². The van der Waals surface area contributed by atoms with Crippen LogP contribution in [0.5, 0.6) is 5.75 Å². The van der Waals surface area contributed by atoms with Gasteiger partial charge in [0.05, 0.1) is 17.9 Å². The molecule has 150 valence electrons. The number of nitrogens with one attached hydrogen (secondary N) is 2. The molecule has 3 aromatic rings. The van der Waals surface area contributed by atoms with Gasteiger partial charge in [0.1, 0.15) is 10.8 Å². The number of aromatic nitrogens is 2. The number of hydrogen-bond acceptors (Lipinski definition) is 6. The number of rotatable bonds is 9. The minimum absolute atomic E-state index is 0.175. The van der Waals surface area contributed by atoms with E-state index in [4.69, 9.17) is 4.74 Å². The number of carbonyl (C=O) groups is 2. The highest BCUT2D eigenvalue weighted by Gasteiger charge is 2.15. The topological polar surface area (TPSA) is 93.2 Å². The number of para-hydroxylation sites is 2. The van der Waals surface area contributed by atoms with Crippen molar-refractivity contribution >= 4 is 34.0 Å². The molecule has 7 nitrogen and oxygen atoms in total. The molecule has 0 atom stereocenters. The Morgan fingerprint density at radius 3 is 2.52 bits per heavy atom. The molecular formula is C21H22N4O3S. The maximum atomic E-state index is 12.6. The number of nitrogens with zero attached hydrogens (tertiary/aromatic N) is 2. The molecule has 0 aliphatic rings. The second-order valence-electron chi connectivity index (χ2n) is 6.17. The molecular weight excluding hydrogens is 388 g/mol. The SMILES string of the molecule is CCc1nnc(NC(=O)c2ccccc2NC(=O)CCCOc2ccccc2)s1. The van der Waals surface area contributed by atoms with Crippen LogP contribution in [0.2, 0.25) is 0 Å². The van der Waals surface area contributed by atoms with Crippen molar-refractivity contribution in [3.05, 3.63) is 65.2 Å². The lowest BCUT2D eigenvalue weighted by Crippen LogP contribution is -2.18. The van der Waals surface area contributed by atoms with E-state index < -0.39 is 0 Å². The molecule has 2 N–H and O–H groups in total. The first-order valence-corrected chi connectivity index (χ1v) is 10.2. The second-order valence-corrected chi connectivity index (χ2v) is 7.23. The molecule has 29 heavy (non-hydrogen) atoms. The van der Waals surface area contributed by atoms with Crippen LogP contribution in [0.4, 0.5) is 10.8 Å². The van der Waals surface area contributed by atoms with Gasteiger partial charge < -0.3 is 10.1 Å². The number of hydrogen-bond donors (Lipinski definition) is 2. The zero-order valence-corrected chi connectivity index (χ0v) is 16.9. The van der Waals surface area contributed by atoms with Crippen LogP contribution >= 0.6 is 11.3 Å². The van der Waals surface area contributed by atoms with Crippen molar-refractivity contribution in [3.63, 3.8) is 0 Å². The highest BCUT2D eigenvalue weighted by molar-refractivity contribution is 7.15. The predicted octanol–water partition coefficient (Wildman–Crippen LogP) is 4.15. The first-order valence-electron chi connectivity index (χ1n) is 9.36. The summed E-state index contributed by atoms with van der Waals surface area (Å²) >= 11 is 1.33. The Labute approximate surface area is 173 Å². The fourth-order valence-electron chi connectivity index (χ4n) is 2.55. The van der Waals surface area contributed by atoms with Crippen molar-refractivity contribution in [3.8, 4) is 5.75 Å². The lowest BCUT2D eigenvalue weighted by Gasteiger charge is -2.11. The van der Waals surface area contributed by atoms with Crippen LogP contribution in [0.1, 0.15) is 35.1 Å². The number of anilines is 2. The summed E-state index contributed by atoms with van der Waals surface area (Å²) in [6.45, 7) is 2.41. The molecule has 3 rings (SSSR count). The predicted molar refractivity (Wildman–Crippen MR) is 113 cm³/mol. The summed E-state index contributed by atoms with van der Waals surface area (Å²) in [6, 6.07) is 16.3. The van der Waals surface area contributed by atoms with E-state index in [9.17, 15) is 9.59 Å². The molecule has 0 spiro atoms. The summed E-state index contributed by atoms with van der Waals surface area (Å²) in [5, 5.41) is 14.8. The van der Waals surface area contributed by atoms with Crippen molar-refractivity contribution in [2.24, 2.45) is 0 Å². The molecule has 0 saturated carbocycles. The third kappa shape index (κ3) is 6.11. The fourth-order valence-corrected chi connectivity index (χ4v) is 3.23. The van der Waals surface area contributed by atoms with Gasteiger partial charge in [-0.05, 0) is 37.1 Å². The van der Waals surface area contributed by atoms with E-state index in [1.165, 1.54) is 11.3 Å². The summed E-state index contributed by atoms with van der Waals surface area (Å²) in [6.07, 6.45) is 1.62. The Balaban J connectivity index is 1.52. The second kappa shape index (κ2) is 10.3. The molecule has 0 fully saturated rings. The van der Waals surface area contributed by atoms with Gasteiger partial charge >= 0.3 is 0 Å². The van der Waals surface area contributed by atoms with Gasteiger partial charge in [0.2, 0.25) is 11.0 Å². The van der Waals surface area contributed by atoms with E-state index in [1.807, 2.05) is 37.3 Å². The Morgan fingerprint density at radius 2 is 1.76 bits per heavy atom. The number of benzene rings is 2. The number of ether oxygens (including phenoxy) is 1. The van der Waals surface area contributed by atoms with Gasteiger partial charge in [0.25, 0.3) is 5.91 Å². The van der Waals surface area contributed by atoms with Crippen molar-refractivity contribution in [2.75, 3.05) is 17.2 Å². The van der Waals surface area contributed by atoms with Gasteiger partial charge in [-0.3, -0.25) is 14.9 Å². The van der Waals surface area contributed by atoms with E-state index in [-0.39, 0.29) is 11.8 Å². The molecule has 0 bridgehead atoms. The summed E-state index contributed by atoms with van der Waals surface area (Å²) in [5.74, 6) is 0.260. The Kier molecular flexibility index (Phi) is 7.29. The molecule has 0 aliphatic heterocycles. The van der Waals surface area contributed by atoms with Crippen LogP contribution in [0.15, 0.2) is 54.6 Å². The first-order chi connectivity index (χ1) is 14.2. The van der Waals surface area contributed by atoms with Gasteiger partial charge in [-0.2, -0.15) is 0 Å². The van der Waals surface area contributed by atoms with Gasteiger partial charge in [0.15, 0.2) is 0 Å². The van der Waals surface area contributed by atoms with Crippen LogP contribution in [-0.4, -0.2) is 28.6 Å². The third-order valence-corrected chi connectivity index (χ3v) is 4.98. The number of amides is 2. The van der Waals surface area contributed by atoms with Crippen LogP contribution < -0.4 is 15.4 Å². The van der Waals surface area contributed by atoms with Gasteiger partial charge in [0, 0.05) is 6.42 Å². The van der Waals surface area contributed by atoms with Crippen molar-refractivity contribution in [1.29, 1.82) is 0 Å². The molecule has 0 saturated heterocycles. The standard InChI is InChI=1S/C21H22N4O3S/c1-2-19-24-25-21(29-19)23-20(27)16-11-6-7-12-17(16)22-18(26)13-8-14-28-15-9-4-3-5-10-15/h3-7,9-12H,2,8,13-14H2,1H3,(H,22,26)(H,23,25,27). The van der Waals surface area contributed by atoms with Crippen LogP contribution in [0, 0.1) is 0 Å². The van der Waals surface area contributed by atoms with E-state index >= 15 is 0 Å². The molecule has 2 amide bonds. The highest BCUT2D eigenvalue weighted by atomic mass is 32.1. The minimum atomic E-state index is -0.341. The molecule has 0 radical (unpaired) electrons. The molecule has 0 unspecified atom stereocenters. The summed E-state index contributed by atoms with van der Waals surface area (Å²) in [5.41, 5.74) is 0.828. The Morgan fingerprint density at radius 1 is 1.00 bits per heavy atom. The van der Waals surface area contributed by atoms with E-state index in [1.54, 1.807) is 24.3 Å². The monoisotopic (exact) mass is 410 g/mol. The quantitative estimate of drug-likeness (QED) is 0.517. The van der Waals surface area contributed by atoms with Crippen molar-refractivity contribution in [2.45, 2.75) is 26.2 Å². The normalized spacial score (nSPS) is 10.4. The average molecular weight is 410 g/mol. The largest absolute Gasteiger partial charge is 0.494 e. The summed E-state index contributed by atoms with van der Waals surface area (Å²) < 4.78 is 5.59. The van der Waals surface area contributed by atoms with E-state index in [0.29, 0.717) is 35.8 Å². The Hall–Kier alpha value is -3.26. The molecule has 2 aromatic carbocycles. The van der Waals surface area contributed by atoms with Gasteiger partial charge in [-0.15, -0.1) is 10.2 Å². The van der Waals surface area contributed by atoms with Crippen molar-refractivity contribution in [1.82, 2.24) is 10.2 Å². The Bertz CT molecular complexity index is 959. The van der Waals surface area contributed by atoms with Crippen LogP contribution in [-0.2, 0) is 11.2 Å². The molecule has 1 heterocycles. The maximum absolute atomic E-state index is 12.6. The minimum Gasteiger partial charge on any atom is -0.494 e. The number of carbonyl (C=O) groups excluding carboxylic acids is 2. The van der Waals surface area contributed by atoms with Gasteiger partial charge in [-0.25, -0.2) is 0 Å². The smallest absolute Gasteiger partial charge is 0.259 e. The third-order valence-electron chi connectivity index (χ3n) is 4.00. The molecule has 8 heteroatoms. The zero-order chi connectivity index (χ0) is 20.5. The molecule has 0 aliphatic carbocycles. The average Bonchev–Trinajstić information content (AvgIpc) is 3.20. The summed E-state index contributed by atoms with van der Waals surface area (Å²) in [4.78, 5) is 24.9. The fraction of sp³-hybridized carbons (Fsp3) is 0.238. The molecule has 1 aromatic heterocycles. The first kappa shape index (κ1) is 20.5. The zero-order valence-electron chi connectivity index (χ0n) is 16.1. The van der Waals surface area contributed by atoms with Crippen molar-refractivity contribution < 1.29 is 14.3 Å². The lowest BCUT2D eigenvalue weighted by molar-refractivity contribution is -0.116. The number of aryl methyl sites for hydroxylation is 1. The highest BCUT2D eigenvalue weighted by Crippen LogP contribution is 2.20. The summed E-state index contributed by atoms with van der Waals surface area (Å²) in [7, 11) is 0. The van der Waals surface area contributed by atoms with Crippen LogP contribution in [0.25, 0.3) is 0 Å². The maximum Gasteiger partial charge on any atom is 0.259 e. The van der Waals surface area contributed by atoms with E-state index in [2.05, 4.69) is 20.8 Å². The lowest BCUT2D eigenvalue weighted by atomic mass is 10.1. The van der Waals surface area contributed by atoms with Crippen LogP contribution in [0.3, 0.4) is 0 Å². The van der Waals surface area contributed by atoms with E-state index in [0.717, 1.165) is 17.2 Å².